The Morgan fingerprint density at radius 1 is 1.13 bits per heavy atom. The molecule has 0 saturated heterocycles. The number of benzene rings is 2. The number of carbonyl (C=O) groups excluding carboxylic acids is 3. The Labute approximate surface area is 267 Å². The van der Waals surface area contributed by atoms with E-state index in [9.17, 15) is 19.6 Å². The molecule has 2 bridgehead atoms. The summed E-state index contributed by atoms with van der Waals surface area (Å²) in [6.45, 7) is 0. The van der Waals surface area contributed by atoms with Crippen molar-refractivity contribution in [3.8, 4) is 23.0 Å². The third-order valence-corrected chi connectivity index (χ3v) is 7.48. The van der Waals surface area contributed by atoms with Crippen molar-refractivity contribution in [2.24, 2.45) is 0 Å². The largest absolute Gasteiger partial charge is 0.467 e. The molecule has 4 N–H and O–H groups in total. The molecule has 0 saturated carbocycles. The van der Waals surface area contributed by atoms with Crippen LogP contribution in [0, 0.1) is 11.3 Å². The number of aromatic amines is 1. The molecule has 2 aromatic heterocycles. The highest BCUT2D eigenvalue weighted by molar-refractivity contribution is 6.30. The Bertz CT molecular complexity index is 1810. The maximum Gasteiger partial charge on any atom is 0.411 e. The summed E-state index contributed by atoms with van der Waals surface area (Å²) in [6, 6.07) is 10.8. The van der Waals surface area contributed by atoms with Crippen molar-refractivity contribution in [2.75, 3.05) is 24.9 Å². The summed E-state index contributed by atoms with van der Waals surface area (Å²) < 4.78 is 11.2. The van der Waals surface area contributed by atoms with E-state index in [-0.39, 0.29) is 5.69 Å². The number of carbonyl (C=O) groups is 3. The highest BCUT2D eigenvalue weighted by atomic mass is 35.5. The smallest absolute Gasteiger partial charge is 0.411 e. The lowest BCUT2D eigenvalue weighted by Crippen LogP contribution is -2.31. The molecule has 46 heavy (non-hydrogen) atoms. The lowest BCUT2D eigenvalue weighted by molar-refractivity contribution is -0.141. The lowest BCUT2D eigenvalue weighted by Gasteiger charge is -2.22. The van der Waals surface area contributed by atoms with E-state index in [0.717, 1.165) is 0 Å². The van der Waals surface area contributed by atoms with E-state index in [1.54, 1.807) is 42.5 Å². The third kappa shape index (κ3) is 7.30. The van der Waals surface area contributed by atoms with Crippen LogP contribution in [0.1, 0.15) is 48.8 Å². The maximum atomic E-state index is 13.2. The van der Waals surface area contributed by atoms with E-state index in [2.05, 4.69) is 47.5 Å². The van der Waals surface area contributed by atoms with E-state index in [1.807, 2.05) is 0 Å². The Hall–Kier alpha value is -5.75. The van der Waals surface area contributed by atoms with Gasteiger partial charge in [0.05, 0.1) is 31.6 Å². The minimum atomic E-state index is -0.729. The third-order valence-electron chi connectivity index (χ3n) is 7.25. The van der Waals surface area contributed by atoms with Crippen LogP contribution in [-0.2, 0) is 19.1 Å². The van der Waals surface area contributed by atoms with Gasteiger partial charge in [0.15, 0.2) is 5.69 Å². The second-order valence-corrected chi connectivity index (χ2v) is 10.6. The molecule has 0 aliphatic carbocycles. The number of ether oxygens (including phenoxy) is 2. The molecule has 0 spiro atoms. The van der Waals surface area contributed by atoms with Gasteiger partial charge in [-0.3, -0.25) is 10.1 Å². The van der Waals surface area contributed by atoms with Crippen LogP contribution in [0.15, 0.2) is 48.8 Å². The Balaban J connectivity index is 1.48. The summed E-state index contributed by atoms with van der Waals surface area (Å²) in [5.74, 6) is -0.500. The average Bonchev–Trinajstić information content (AvgIpc) is 3.75. The highest BCUT2D eigenvalue weighted by Crippen LogP contribution is 2.35. The number of fused-ring (bicyclic) bond motifs is 4. The molecule has 2 aromatic carbocycles. The molecule has 0 unspecified atom stereocenters. The molecular weight excluding hydrogens is 616 g/mol. The SMILES string of the molecule is COC(=O)Nc1ccc2c(c1)N[C@@H](C(=O)OC)CCCC[C@H](NC(=O)/C=C/c1cc(Cl)ccc1-n1cnnn1)c1nc(C#N)c-2[nH]1. The van der Waals surface area contributed by atoms with Crippen molar-refractivity contribution in [3.63, 3.8) is 0 Å². The number of H-pyrrole nitrogens is 1. The fraction of sp³-hybridized carbons (Fsp3) is 0.267. The van der Waals surface area contributed by atoms with Crippen LogP contribution in [0.5, 0.6) is 0 Å². The summed E-state index contributed by atoms with van der Waals surface area (Å²) in [7, 11) is 2.55. The van der Waals surface area contributed by atoms with Crippen LogP contribution in [0.3, 0.4) is 0 Å². The van der Waals surface area contributed by atoms with Crippen LogP contribution >= 0.6 is 11.6 Å². The number of aromatic nitrogens is 6. The van der Waals surface area contributed by atoms with Gasteiger partial charge in [-0.15, -0.1) is 5.10 Å². The number of hydrogen-bond donors (Lipinski definition) is 4. The number of nitriles is 1. The molecule has 2 amide bonds. The fourth-order valence-corrected chi connectivity index (χ4v) is 5.22. The zero-order valence-electron chi connectivity index (χ0n) is 24.8. The number of anilines is 2. The summed E-state index contributed by atoms with van der Waals surface area (Å²) in [6.07, 6.45) is 5.82. The Morgan fingerprint density at radius 2 is 1.96 bits per heavy atom. The van der Waals surface area contributed by atoms with Gasteiger partial charge in [0.25, 0.3) is 0 Å². The molecule has 3 heterocycles. The number of rotatable bonds is 6. The molecule has 0 radical (unpaired) electrons. The molecule has 16 heteroatoms. The van der Waals surface area contributed by atoms with Crippen LogP contribution in [0.2, 0.25) is 5.02 Å². The number of imidazole rings is 1. The molecular formula is C30H29ClN10O5. The second kappa shape index (κ2) is 14.4. The van der Waals surface area contributed by atoms with Crippen LogP contribution in [0.4, 0.5) is 16.2 Å². The quantitative estimate of drug-likeness (QED) is 0.173. The van der Waals surface area contributed by atoms with Crippen molar-refractivity contribution in [1.29, 1.82) is 5.26 Å². The first kappa shape index (κ1) is 31.7. The van der Waals surface area contributed by atoms with Crippen molar-refractivity contribution in [1.82, 2.24) is 35.5 Å². The van der Waals surface area contributed by atoms with Gasteiger partial charge in [0.1, 0.15) is 24.3 Å². The van der Waals surface area contributed by atoms with E-state index in [0.29, 0.717) is 70.4 Å². The highest BCUT2D eigenvalue weighted by Gasteiger charge is 2.26. The minimum absolute atomic E-state index is 0.0837. The van der Waals surface area contributed by atoms with E-state index < -0.39 is 30.1 Å². The molecule has 236 valence electrons. The van der Waals surface area contributed by atoms with Crippen LogP contribution < -0.4 is 16.0 Å². The molecule has 4 aromatic rings. The van der Waals surface area contributed by atoms with Gasteiger partial charge in [-0.05, 0) is 65.7 Å². The molecule has 5 rings (SSSR count). The van der Waals surface area contributed by atoms with Gasteiger partial charge >= 0.3 is 12.1 Å². The van der Waals surface area contributed by atoms with Crippen molar-refractivity contribution >= 4 is 47.0 Å². The predicted octanol–water partition coefficient (Wildman–Crippen LogP) is 4.15. The summed E-state index contributed by atoms with van der Waals surface area (Å²) in [5.41, 5.74) is 3.04. The summed E-state index contributed by atoms with van der Waals surface area (Å²) >= 11 is 6.21. The topological polar surface area (TPSA) is 202 Å². The monoisotopic (exact) mass is 644 g/mol. The Morgan fingerprint density at radius 3 is 2.70 bits per heavy atom. The van der Waals surface area contributed by atoms with Crippen LogP contribution in [-0.4, -0.2) is 68.4 Å². The zero-order valence-corrected chi connectivity index (χ0v) is 25.5. The zero-order chi connectivity index (χ0) is 32.6. The van der Waals surface area contributed by atoms with Crippen LogP contribution in [0.25, 0.3) is 23.0 Å². The number of esters is 1. The first-order chi connectivity index (χ1) is 22.3. The lowest BCUT2D eigenvalue weighted by atomic mass is 10.0. The van der Waals surface area contributed by atoms with Gasteiger partial charge in [-0.2, -0.15) is 9.94 Å². The molecule has 1 aliphatic heterocycles. The van der Waals surface area contributed by atoms with Gasteiger partial charge in [-0.25, -0.2) is 14.6 Å². The normalized spacial score (nSPS) is 16.1. The van der Waals surface area contributed by atoms with Gasteiger partial charge in [-0.1, -0.05) is 24.4 Å². The van der Waals surface area contributed by atoms with E-state index >= 15 is 0 Å². The van der Waals surface area contributed by atoms with Crippen molar-refractivity contribution in [3.05, 3.63) is 70.9 Å². The number of methoxy groups -OCH3 is 2. The molecule has 0 fully saturated rings. The summed E-state index contributed by atoms with van der Waals surface area (Å²) in [5, 5.41) is 30.5. The number of tetrazole rings is 1. The number of halogens is 1. The maximum absolute atomic E-state index is 13.2. The number of hydrogen-bond acceptors (Lipinski definition) is 11. The first-order valence-electron chi connectivity index (χ1n) is 14.1. The van der Waals surface area contributed by atoms with Gasteiger partial charge in [0.2, 0.25) is 5.91 Å². The molecule has 15 nitrogen and oxygen atoms in total. The fourth-order valence-electron chi connectivity index (χ4n) is 5.04. The minimum Gasteiger partial charge on any atom is -0.467 e. The van der Waals surface area contributed by atoms with Crippen molar-refractivity contribution in [2.45, 2.75) is 37.8 Å². The average molecular weight is 645 g/mol. The second-order valence-electron chi connectivity index (χ2n) is 10.2. The molecule has 2 atom stereocenters. The van der Waals surface area contributed by atoms with Crippen molar-refractivity contribution < 1.29 is 23.9 Å². The molecule has 1 aliphatic rings. The Kier molecular flexibility index (Phi) is 9.88. The standard InChI is InChI=1S/C30H29ClN10O5/c1-45-29(43)22-6-4-3-5-21(36-26(42)12-7-17-13-18(31)8-11-25(17)41-16-33-39-40-41)28-37-24(15-32)27(38-28)20-10-9-19(14-23(20)35-22)34-30(44)46-2/h7-14,16,21-22,35H,3-6H2,1-2H3,(H,34,44)(H,36,42)(H,37,38)/b12-7+/t21-,22+/m0/s1. The number of amides is 2. The summed E-state index contributed by atoms with van der Waals surface area (Å²) in [4.78, 5) is 45.6. The van der Waals surface area contributed by atoms with E-state index in [4.69, 9.17) is 21.1 Å². The van der Waals surface area contributed by atoms with Gasteiger partial charge < -0.3 is 25.1 Å². The first-order valence-corrected chi connectivity index (χ1v) is 14.5. The predicted molar refractivity (Wildman–Crippen MR) is 167 cm³/mol. The number of nitrogens with zero attached hydrogens (tertiary/aromatic N) is 6. The van der Waals surface area contributed by atoms with E-state index in [1.165, 1.54) is 31.3 Å². The van der Waals surface area contributed by atoms with Gasteiger partial charge in [0, 0.05) is 33.6 Å². The number of nitrogens with one attached hydrogen (secondary N) is 4.